The van der Waals surface area contributed by atoms with Crippen LogP contribution in [0, 0.1) is 23.2 Å². The number of likely N-dealkylation sites (tertiary alicyclic amines) is 1. The summed E-state index contributed by atoms with van der Waals surface area (Å²) in [5, 5.41) is 12.1. The first-order chi connectivity index (χ1) is 14.8. The van der Waals surface area contributed by atoms with E-state index in [0.29, 0.717) is 17.6 Å². The summed E-state index contributed by atoms with van der Waals surface area (Å²) in [4.78, 5) is 15.1. The van der Waals surface area contributed by atoms with Crippen molar-refractivity contribution in [1.29, 1.82) is 0 Å². The molecule has 3 heteroatoms. The Bertz CT molecular complexity index is 960. The van der Waals surface area contributed by atoms with Crippen molar-refractivity contribution in [3.05, 3.63) is 83.1 Å². The van der Waals surface area contributed by atoms with E-state index in [1.54, 1.807) is 0 Å². The van der Waals surface area contributed by atoms with Gasteiger partial charge in [-0.25, -0.2) is 0 Å². The molecule has 2 aromatic rings. The Kier molecular flexibility index (Phi) is 4.86. The third kappa shape index (κ3) is 3.17. The summed E-state index contributed by atoms with van der Waals surface area (Å²) in [7, 11) is 0. The van der Waals surface area contributed by atoms with E-state index in [2.05, 4.69) is 25.7 Å². The molecular weight excluding hydrogens is 382 g/mol. The van der Waals surface area contributed by atoms with Crippen molar-refractivity contribution in [2.24, 2.45) is 23.2 Å². The summed E-state index contributed by atoms with van der Waals surface area (Å²) in [6.07, 6.45) is 2.52. The fourth-order valence-corrected chi connectivity index (χ4v) is 6.43. The van der Waals surface area contributed by atoms with Gasteiger partial charge in [-0.2, -0.15) is 0 Å². The molecule has 3 aliphatic rings. The van der Waals surface area contributed by atoms with Crippen LogP contribution < -0.4 is 0 Å². The molecule has 2 unspecified atom stereocenters. The van der Waals surface area contributed by atoms with Gasteiger partial charge < -0.3 is 10.0 Å². The van der Waals surface area contributed by atoms with E-state index in [0.717, 1.165) is 49.1 Å². The fourth-order valence-electron chi connectivity index (χ4n) is 6.43. The van der Waals surface area contributed by atoms with Crippen LogP contribution in [-0.2, 0) is 10.4 Å². The standard InChI is InChI=1S/C28H33NO2/c1-19(25-24(30)18-23-26(25)27(23,2)3)29-16-14-22(15-17-29)28(31,20-10-6-4-7-11-20)21-12-8-5-9-13-21/h4-13,22-23,26,31H,14-18H2,1-3H3. The molecule has 2 saturated carbocycles. The zero-order valence-electron chi connectivity index (χ0n) is 18.8. The van der Waals surface area contributed by atoms with Gasteiger partial charge in [0.2, 0.25) is 0 Å². The molecule has 1 saturated heterocycles. The summed E-state index contributed by atoms with van der Waals surface area (Å²) in [6.45, 7) is 8.51. The number of piperidine rings is 1. The zero-order chi connectivity index (χ0) is 21.8. The van der Waals surface area contributed by atoms with E-state index < -0.39 is 5.60 Å². The molecule has 31 heavy (non-hydrogen) atoms. The van der Waals surface area contributed by atoms with Gasteiger partial charge in [0.25, 0.3) is 0 Å². The van der Waals surface area contributed by atoms with Crippen molar-refractivity contribution in [3.8, 4) is 0 Å². The minimum absolute atomic E-state index is 0.135. The minimum atomic E-state index is -0.998. The number of carbonyl (C=O) groups excluding carboxylic acids is 1. The second kappa shape index (κ2) is 7.34. The number of Topliss-reactive ketones (excluding diaryl/α,β-unsaturated/α-hetero) is 1. The van der Waals surface area contributed by atoms with Gasteiger partial charge >= 0.3 is 0 Å². The highest BCUT2D eigenvalue weighted by atomic mass is 16.3. The van der Waals surface area contributed by atoms with Crippen molar-refractivity contribution in [2.75, 3.05) is 13.1 Å². The van der Waals surface area contributed by atoms with Gasteiger partial charge in [0.1, 0.15) is 5.60 Å². The molecule has 1 heterocycles. The third-order valence-corrected chi connectivity index (χ3v) is 8.44. The maximum atomic E-state index is 12.7. The van der Waals surface area contributed by atoms with Gasteiger partial charge in [0.05, 0.1) is 0 Å². The van der Waals surface area contributed by atoms with E-state index >= 15 is 0 Å². The second-order valence-electron chi connectivity index (χ2n) is 10.3. The number of nitrogens with zero attached hydrogens (tertiary/aromatic N) is 1. The first kappa shape index (κ1) is 20.5. The van der Waals surface area contributed by atoms with E-state index in [9.17, 15) is 9.90 Å². The number of allylic oxidation sites excluding steroid dienone is 2. The number of rotatable bonds is 4. The summed E-state index contributed by atoms with van der Waals surface area (Å²) in [6, 6.07) is 20.2. The molecule has 2 aromatic carbocycles. The van der Waals surface area contributed by atoms with Gasteiger partial charge in [-0.3, -0.25) is 4.79 Å². The molecule has 1 N–H and O–H groups in total. The molecule has 0 radical (unpaired) electrons. The molecular formula is C28H33NO2. The summed E-state index contributed by atoms with van der Waals surface area (Å²) in [5.74, 6) is 1.49. The highest BCUT2D eigenvalue weighted by molar-refractivity contribution is 6.01. The summed E-state index contributed by atoms with van der Waals surface area (Å²) >= 11 is 0. The van der Waals surface area contributed by atoms with Crippen LogP contribution in [0.5, 0.6) is 0 Å². The second-order valence-corrected chi connectivity index (χ2v) is 10.3. The van der Waals surface area contributed by atoms with E-state index in [4.69, 9.17) is 0 Å². The normalized spacial score (nSPS) is 27.2. The molecule has 2 aliphatic carbocycles. The number of aliphatic hydroxyl groups is 1. The lowest BCUT2D eigenvalue weighted by Crippen LogP contribution is -2.44. The molecule has 162 valence electrons. The lowest BCUT2D eigenvalue weighted by molar-refractivity contribution is -0.115. The van der Waals surface area contributed by atoms with Crippen molar-refractivity contribution in [2.45, 2.75) is 45.6 Å². The highest BCUT2D eigenvalue weighted by Crippen LogP contribution is 2.68. The van der Waals surface area contributed by atoms with Crippen LogP contribution in [0.15, 0.2) is 71.9 Å². The molecule has 1 aliphatic heterocycles. The van der Waals surface area contributed by atoms with E-state index in [-0.39, 0.29) is 11.3 Å². The fraction of sp³-hybridized carbons (Fsp3) is 0.464. The molecule has 0 spiro atoms. The number of fused-ring (bicyclic) bond motifs is 1. The quantitative estimate of drug-likeness (QED) is 0.702. The lowest BCUT2D eigenvalue weighted by atomic mass is 9.72. The predicted octanol–water partition coefficient (Wildman–Crippen LogP) is 5.15. The maximum absolute atomic E-state index is 12.7. The number of hydrogen-bond donors (Lipinski definition) is 1. The Morgan fingerprint density at radius 1 is 0.968 bits per heavy atom. The largest absolute Gasteiger partial charge is 0.380 e. The van der Waals surface area contributed by atoms with Crippen LogP contribution in [0.4, 0.5) is 0 Å². The number of benzene rings is 2. The van der Waals surface area contributed by atoms with Crippen molar-refractivity contribution in [1.82, 2.24) is 4.90 Å². The van der Waals surface area contributed by atoms with Gasteiger partial charge in [0, 0.05) is 30.8 Å². The molecule has 0 bridgehead atoms. The molecule has 5 rings (SSSR count). The van der Waals surface area contributed by atoms with Crippen LogP contribution in [-0.4, -0.2) is 28.9 Å². The highest BCUT2D eigenvalue weighted by Gasteiger charge is 2.65. The van der Waals surface area contributed by atoms with Gasteiger partial charge in [-0.15, -0.1) is 0 Å². The van der Waals surface area contributed by atoms with E-state index in [1.807, 2.05) is 60.7 Å². The first-order valence-electron chi connectivity index (χ1n) is 11.7. The maximum Gasteiger partial charge on any atom is 0.161 e. The Morgan fingerprint density at radius 3 is 1.97 bits per heavy atom. The van der Waals surface area contributed by atoms with Crippen molar-refractivity contribution < 1.29 is 9.90 Å². The summed E-state index contributed by atoms with van der Waals surface area (Å²) in [5.41, 5.74) is 3.48. The molecule has 3 fully saturated rings. The van der Waals surface area contributed by atoms with Crippen molar-refractivity contribution in [3.63, 3.8) is 0 Å². The van der Waals surface area contributed by atoms with Crippen molar-refractivity contribution >= 4 is 5.78 Å². The van der Waals surface area contributed by atoms with Gasteiger partial charge in [0.15, 0.2) is 5.78 Å². The summed E-state index contributed by atoms with van der Waals surface area (Å²) < 4.78 is 0. The van der Waals surface area contributed by atoms with Gasteiger partial charge in [-0.1, -0.05) is 74.5 Å². The average molecular weight is 416 g/mol. The van der Waals surface area contributed by atoms with Crippen LogP contribution >= 0.6 is 0 Å². The SMILES string of the molecule is CC(=C1C(=O)CC2C1C2(C)C)N1CCC(C(O)(c2ccccc2)c2ccccc2)CC1. The monoisotopic (exact) mass is 415 g/mol. The van der Waals surface area contributed by atoms with E-state index in [1.165, 1.54) is 5.70 Å². The molecule has 0 aromatic heterocycles. The van der Waals surface area contributed by atoms with Crippen LogP contribution in [0.2, 0.25) is 0 Å². The Morgan fingerprint density at radius 2 is 1.48 bits per heavy atom. The molecule has 3 nitrogen and oxygen atoms in total. The van der Waals surface area contributed by atoms with Crippen LogP contribution in [0.1, 0.15) is 51.2 Å². The molecule has 2 atom stereocenters. The Hall–Kier alpha value is -2.39. The molecule has 0 amide bonds. The van der Waals surface area contributed by atoms with Crippen LogP contribution in [0.25, 0.3) is 0 Å². The topological polar surface area (TPSA) is 40.5 Å². The van der Waals surface area contributed by atoms with Gasteiger partial charge in [-0.05, 0) is 54.1 Å². The number of ketones is 1. The lowest BCUT2D eigenvalue weighted by Gasteiger charge is -2.43. The van der Waals surface area contributed by atoms with Crippen LogP contribution in [0.3, 0.4) is 0 Å². The predicted molar refractivity (Wildman–Crippen MR) is 123 cm³/mol. The Balaban J connectivity index is 1.40. The minimum Gasteiger partial charge on any atom is -0.380 e. The third-order valence-electron chi connectivity index (χ3n) is 8.44. The number of hydrogen-bond acceptors (Lipinski definition) is 3. The zero-order valence-corrected chi connectivity index (χ0v) is 18.8. The smallest absolute Gasteiger partial charge is 0.161 e. The first-order valence-corrected chi connectivity index (χ1v) is 11.7. The Labute approximate surface area is 185 Å². The average Bonchev–Trinajstić information content (AvgIpc) is 3.13. The number of carbonyl (C=O) groups is 1.